The number of anilines is 1. The van der Waals surface area contributed by atoms with Crippen LogP contribution in [0.1, 0.15) is 18.6 Å². The minimum Gasteiger partial charge on any atom is -0.377 e. The fraction of sp³-hybridized carbons (Fsp3) is 0.444. The van der Waals surface area contributed by atoms with Crippen molar-refractivity contribution in [3.8, 4) is 11.3 Å². The molecule has 0 unspecified atom stereocenters. The molecule has 0 N–H and O–H groups in total. The second-order valence-electron chi connectivity index (χ2n) is 6.07. The van der Waals surface area contributed by atoms with Gasteiger partial charge < -0.3 is 14.5 Å². The van der Waals surface area contributed by atoms with Crippen LogP contribution in [0.4, 0.5) is 5.82 Å². The van der Waals surface area contributed by atoms with Crippen molar-refractivity contribution in [3.05, 3.63) is 42.0 Å². The number of hydrogen-bond acceptors (Lipinski definition) is 5. The zero-order valence-electron chi connectivity index (χ0n) is 14.1. The van der Waals surface area contributed by atoms with Crippen molar-refractivity contribution in [1.29, 1.82) is 0 Å². The topological polar surface area (TPSA) is 41.5 Å². The van der Waals surface area contributed by atoms with E-state index in [1.54, 1.807) is 7.11 Å². The Bertz CT molecular complexity index is 636. The van der Waals surface area contributed by atoms with Gasteiger partial charge in [-0.3, -0.25) is 0 Å². The van der Waals surface area contributed by atoms with Gasteiger partial charge in [0, 0.05) is 38.9 Å². The average Bonchev–Trinajstić information content (AvgIpc) is 2.62. The summed E-state index contributed by atoms with van der Waals surface area (Å²) in [6, 6.07) is 12.4. The Labute approximate surface area is 137 Å². The van der Waals surface area contributed by atoms with E-state index < -0.39 is 0 Å². The lowest BCUT2D eigenvalue weighted by Gasteiger charge is -2.32. The van der Waals surface area contributed by atoms with Crippen LogP contribution in [0, 0.1) is 0 Å². The Morgan fingerprint density at radius 3 is 2.48 bits per heavy atom. The first kappa shape index (κ1) is 15.9. The summed E-state index contributed by atoms with van der Waals surface area (Å²) in [6.07, 6.45) is 0.0764. The maximum atomic E-state index is 5.39. The molecule has 1 aliphatic rings. The second kappa shape index (κ2) is 7.06. The number of rotatable bonds is 4. The molecule has 5 heteroatoms. The minimum absolute atomic E-state index is 0.0764. The molecule has 1 aromatic carbocycles. The summed E-state index contributed by atoms with van der Waals surface area (Å²) in [5.74, 6) is 0.961. The highest BCUT2D eigenvalue weighted by Gasteiger charge is 2.15. The van der Waals surface area contributed by atoms with Crippen molar-refractivity contribution >= 4 is 5.82 Å². The normalized spacial score (nSPS) is 17.3. The molecule has 122 valence electrons. The van der Waals surface area contributed by atoms with Gasteiger partial charge in [-0.1, -0.05) is 18.2 Å². The van der Waals surface area contributed by atoms with Crippen molar-refractivity contribution < 1.29 is 4.74 Å². The standard InChI is InChI=1S/C18H24N4O/c1-14(23-3)15-5-4-6-16(13-15)17-7-8-18(20-19-17)22-11-9-21(2)10-12-22/h4-8,13-14H,9-12H2,1-3H3/t14-/m0/s1. The van der Waals surface area contributed by atoms with Gasteiger partial charge >= 0.3 is 0 Å². The minimum atomic E-state index is 0.0764. The number of likely N-dealkylation sites (N-methyl/N-ethyl adjacent to an activating group) is 1. The molecule has 0 spiro atoms. The molecule has 0 bridgehead atoms. The molecule has 5 nitrogen and oxygen atoms in total. The largest absolute Gasteiger partial charge is 0.377 e. The van der Waals surface area contributed by atoms with E-state index in [2.05, 4.69) is 57.4 Å². The molecule has 0 amide bonds. The predicted octanol–water partition coefficient (Wildman–Crippen LogP) is 2.60. The Kier molecular flexibility index (Phi) is 4.88. The number of benzene rings is 1. The molecular formula is C18H24N4O. The van der Waals surface area contributed by atoms with E-state index in [0.717, 1.165) is 48.8 Å². The van der Waals surface area contributed by atoms with Crippen LogP contribution >= 0.6 is 0 Å². The summed E-state index contributed by atoms with van der Waals surface area (Å²) in [5.41, 5.74) is 3.12. The Morgan fingerprint density at radius 1 is 1.04 bits per heavy atom. The van der Waals surface area contributed by atoms with E-state index in [1.165, 1.54) is 0 Å². The lowest BCUT2D eigenvalue weighted by Crippen LogP contribution is -2.44. The number of ether oxygens (including phenoxy) is 1. The summed E-state index contributed by atoms with van der Waals surface area (Å²) in [7, 11) is 3.88. The van der Waals surface area contributed by atoms with Gasteiger partial charge in [-0.2, -0.15) is 0 Å². The van der Waals surface area contributed by atoms with Crippen LogP contribution < -0.4 is 4.90 Å². The van der Waals surface area contributed by atoms with E-state index in [0.29, 0.717) is 0 Å². The van der Waals surface area contributed by atoms with E-state index in [9.17, 15) is 0 Å². The van der Waals surface area contributed by atoms with Crippen LogP contribution in [-0.2, 0) is 4.74 Å². The first-order valence-corrected chi connectivity index (χ1v) is 8.07. The first-order chi connectivity index (χ1) is 11.2. The molecule has 2 heterocycles. The summed E-state index contributed by atoms with van der Waals surface area (Å²) < 4.78 is 5.39. The number of nitrogens with zero attached hydrogens (tertiary/aromatic N) is 4. The van der Waals surface area contributed by atoms with Crippen LogP contribution in [0.25, 0.3) is 11.3 Å². The Morgan fingerprint density at radius 2 is 1.83 bits per heavy atom. The summed E-state index contributed by atoms with van der Waals surface area (Å²) in [6.45, 7) is 6.19. The smallest absolute Gasteiger partial charge is 0.151 e. The Hall–Kier alpha value is -1.98. The molecule has 3 rings (SSSR count). The van der Waals surface area contributed by atoms with Crippen molar-refractivity contribution in [1.82, 2.24) is 15.1 Å². The van der Waals surface area contributed by atoms with Gasteiger partial charge in [0.25, 0.3) is 0 Å². The molecule has 1 atom stereocenters. The van der Waals surface area contributed by atoms with Gasteiger partial charge in [0.1, 0.15) is 0 Å². The summed E-state index contributed by atoms with van der Waals surface area (Å²) in [5, 5.41) is 8.85. The van der Waals surface area contributed by atoms with Crippen molar-refractivity contribution in [2.24, 2.45) is 0 Å². The van der Waals surface area contributed by atoms with Gasteiger partial charge in [-0.15, -0.1) is 10.2 Å². The predicted molar refractivity (Wildman–Crippen MR) is 92.6 cm³/mol. The monoisotopic (exact) mass is 312 g/mol. The quantitative estimate of drug-likeness (QED) is 0.868. The molecule has 1 aromatic heterocycles. The number of aromatic nitrogens is 2. The van der Waals surface area contributed by atoms with Crippen molar-refractivity contribution in [3.63, 3.8) is 0 Å². The first-order valence-electron chi connectivity index (χ1n) is 8.07. The fourth-order valence-electron chi connectivity index (χ4n) is 2.77. The highest BCUT2D eigenvalue weighted by Crippen LogP contribution is 2.24. The lowest BCUT2D eigenvalue weighted by atomic mass is 10.0. The maximum absolute atomic E-state index is 5.39. The summed E-state index contributed by atoms with van der Waals surface area (Å²) in [4.78, 5) is 4.63. The summed E-state index contributed by atoms with van der Waals surface area (Å²) >= 11 is 0. The molecule has 2 aromatic rings. The molecule has 1 aliphatic heterocycles. The molecule has 1 saturated heterocycles. The third-order valence-electron chi connectivity index (χ3n) is 4.48. The van der Waals surface area contributed by atoms with Gasteiger partial charge in [-0.05, 0) is 37.7 Å². The molecular weight excluding hydrogens is 288 g/mol. The van der Waals surface area contributed by atoms with Crippen molar-refractivity contribution in [2.75, 3.05) is 45.2 Å². The number of piperazine rings is 1. The third kappa shape index (κ3) is 3.68. The van der Waals surface area contributed by atoms with Crippen LogP contribution in [-0.4, -0.2) is 55.4 Å². The zero-order valence-corrected chi connectivity index (χ0v) is 14.1. The lowest BCUT2D eigenvalue weighted by molar-refractivity contribution is 0.119. The molecule has 0 aliphatic carbocycles. The molecule has 0 saturated carbocycles. The van der Waals surface area contributed by atoms with Gasteiger partial charge in [-0.25, -0.2) is 0 Å². The third-order valence-corrected chi connectivity index (χ3v) is 4.48. The van der Waals surface area contributed by atoms with Crippen LogP contribution in [0.15, 0.2) is 36.4 Å². The van der Waals surface area contributed by atoms with E-state index in [4.69, 9.17) is 4.74 Å². The zero-order chi connectivity index (χ0) is 16.2. The van der Waals surface area contributed by atoms with Gasteiger partial charge in [0.05, 0.1) is 11.8 Å². The van der Waals surface area contributed by atoms with Gasteiger partial charge in [0.2, 0.25) is 0 Å². The SMILES string of the molecule is CO[C@@H](C)c1cccc(-c2ccc(N3CCN(C)CC3)nn2)c1. The highest BCUT2D eigenvalue weighted by atomic mass is 16.5. The van der Waals surface area contributed by atoms with Gasteiger partial charge in [0.15, 0.2) is 5.82 Å². The number of methoxy groups -OCH3 is 1. The Balaban J connectivity index is 1.77. The van der Waals surface area contributed by atoms with E-state index >= 15 is 0 Å². The fourth-order valence-corrected chi connectivity index (χ4v) is 2.77. The maximum Gasteiger partial charge on any atom is 0.151 e. The van der Waals surface area contributed by atoms with Crippen molar-refractivity contribution in [2.45, 2.75) is 13.0 Å². The average molecular weight is 312 g/mol. The molecule has 0 radical (unpaired) electrons. The highest BCUT2D eigenvalue weighted by molar-refractivity contribution is 5.60. The van der Waals surface area contributed by atoms with Crippen LogP contribution in [0.2, 0.25) is 0 Å². The molecule has 1 fully saturated rings. The van der Waals surface area contributed by atoms with Crippen LogP contribution in [0.3, 0.4) is 0 Å². The second-order valence-corrected chi connectivity index (χ2v) is 6.07. The van der Waals surface area contributed by atoms with E-state index in [1.807, 2.05) is 13.0 Å². The van der Waals surface area contributed by atoms with E-state index in [-0.39, 0.29) is 6.10 Å². The molecule has 23 heavy (non-hydrogen) atoms. The number of hydrogen-bond donors (Lipinski definition) is 0. The van der Waals surface area contributed by atoms with Crippen LogP contribution in [0.5, 0.6) is 0 Å².